The molecule has 0 N–H and O–H groups in total. The van der Waals surface area contributed by atoms with E-state index in [1.807, 2.05) is 12.1 Å². The van der Waals surface area contributed by atoms with Crippen LogP contribution in [0.4, 0.5) is 5.69 Å². The van der Waals surface area contributed by atoms with Crippen LogP contribution in [0.15, 0.2) is 71.6 Å². The number of ether oxygens (including phenoxy) is 3. The minimum absolute atomic E-state index is 0.128. The van der Waals surface area contributed by atoms with Crippen LogP contribution < -0.4 is 18.5 Å². The van der Waals surface area contributed by atoms with Crippen LogP contribution in [0.2, 0.25) is 0 Å². The lowest BCUT2D eigenvalue weighted by molar-refractivity contribution is 0.354. The molecule has 0 spiro atoms. The van der Waals surface area contributed by atoms with E-state index in [0.29, 0.717) is 28.5 Å². The first-order valence-corrected chi connectivity index (χ1v) is 10.8. The van der Waals surface area contributed by atoms with Gasteiger partial charge < -0.3 is 14.2 Å². The summed E-state index contributed by atoms with van der Waals surface area (Å²) in [5.41, 5.74) is 1.98. The average Bonchev–Trinajstić information content (AvgIpc) is 2.77. The third kappa shape index (κ3) is 4.36. The van der Waals surface area contributed by atoms with Crippen LogP contribution in [0, 0.1) is 6.92 Å². The van der Waals surface area contributed by atoms with Crippen molar-refractivity contribution in [3.8, 4) is 17.2 Å². The quantitative estimate of drug-likeness (QED) is 0.533. The molecule has 0 bridgehead atoms. The lowest BCUT2D eigenvalue weighted by Crippen LogP contribution is -2.31. The molecule has 30 heavy (non-hydrogen) atoms. The Morgan fingerprint density at radius 3 is 2.07 bits per heavy atom. The standard InChI is InChI=1S/C23H25NO5S/c1-17-7-5-6-8-23(17)30(25,26)24(19-10-12-20(27-2)13-11-19)16-18-9-14-21(28-3)22(15-18)29-4/h5-15H,16H2,1-4H3. The van der Waals surface area contributed by atoms with Gasteiger partial charge in [-0.3, -0.25) is 4.31 Å². The van der Waals surface area contributed by atoms with Crippen molar-refractivity contribution < 1.29 is 22.6 Å². The SMILES string of the molecule is COc1ccc(N(Cc2ccc(OC)c(OC)c2)S(=O)(=O)c2ccccc2C)cc1. The molecule has 3 rings (SSSR count). The third-order valence-corrected chi connectivity index (χ3v) is 6.73. The Kier molecular flexibility index (Phi) is 6.52. The number of hydrogen-bond donors (Lipinski definition) is 0. The van der Waals surface area contributed by atoms with Crippen molar-refractivity contribution in [2.75, 3.05) is 25.6 Å². The monoisotopic (exact) mass is 427 g/mol. The molecule has 0 aliphatic rings. The second kappa shape index (κ2) is 9.09. The van der Waals surface area contributed by atoms with Gasteiger partial charge in [0.25, 0.3) is 10.0 Å². The summed E-state index contributed by atoms with van der Waals surface area (Å²) >= 11 is 0. The molecule has 158 valence electrons. The van der Waals surface area contributed by atoms with Crippen LogP contribution in [0.5, 0.6) is 17.2 Å². The van der Waals surface area contributed by atoms with Gasteiger partial charge in [-0.1, -0.05) is 24.3 Å². The average molecular weight is 428 g/mol. The summed E-state index contributed by atoms with van der Waals surface area (Å²) in [4.78, 5) is 0.265. The highest BCUT2D eigenvalue weighted by atomic mass is 32.2. The zero-order valence-electron chi connectivity index (χ0n) is 17.5. The summed E-state index contributed by atoms with van der Waals surface area (Å²) in [6.45, 7) is 1.92. The van der Waals surface area contributed by atoms with Gasteiger partial charge >= 0.3 is 0 Å². The normalized spacial score (nSPS) is 11.1. The van der Waals surface area contributed by atoms with Gasteiger partial charge in [0.15, 0.2) is 11.5 Å². The molecule has 0 saturated heterocycles. The molecule has 0 atom stereocenters. The second-order valence-corrected chi connectivity index (χ2v) is 8.50. The molecule has 0 saturated carbocycles. The van der Waals surface area contributed by atoms with Crippen molar-refractivity contribution in [1.29, 1.82) is 0 Å². The first-order chi connectivity index (χ1) is 14.4. The molecule has 3 aromatic carbocycles. The maximum absolute atomic E-state index is 13.6. The van der Waals surface area contributed by atoms with Gasteiger partial charge in [0.05, 0.1) is 38.5 Å². The number of sulfonamides is 1. The summed E-state index contributed by atoms with van der Waals surface area (Å²) in [6, 6.07) is 19.3. The highest BCUT2D eigenvalue weighted by Crippen LogP contribution is 2.32. The van der Waals surface area contributed by atoms with Crippen LogP contribution in [0.25, 0.3) is 0 Å². The Morgan fingerprint density at radius 1 is 0.800 bits per heavy atom. The summed E-state index contributed by atoms with van der Waals surface area (Å²) < 4.78 is 44.5. The first-order valence-electron chi connectivity index (χ1n) is 9.34. The third-order valence-electron chi connectivity index (χ3n) is 4.80. The van der Waals surface area contributed by atoms with Crippen LogP contribution in [-0.2, 0) is 16.6 Å². The van der Waals surface area contributed by atoms with Gasteiger partial charge in [0.2, 0.25) is 0 Å². The van der Waals surface area contributed by atoms with Crippen molar-refractivity contribution in [3.63, 3.8) is 0 Å². The Labute approximate surface area is 177 Å². The van der Waals surface area contributed by atoms with Crippen molar-refractivity contribution in [2.45, 2.75) is 18.4 Å². The summed E-state index contributed by atoms with van der Waals surface area (Å²) in [6.07, 6.45) is 0. The Bertz CT molecular complexity index is 1110. The molecule has 6 nitrogen and oxygen atoms in total. The highest BCUT2D eigenvalue weighted by Gasteiger charge is 2.27. The molecule has 0 unspecified atom stereocenters. The molecular weight excluding hydrogens is 402 g/mol. The molecule has 0 aliphatic carbocycles. The van der Waals surface area contributed by atoms with Gasteiger partial charge in [-0.15, -0.1) is 0 Å². The molecule has 7 heteroatoms. The van der Waals surface area contributed by atoms with Crippen LogP contribution in [-0.4, -0.2) is 29.7 Å². The second-order valence-electron chi connectivity index (χ2n) is 6.66. The largest absolute Gasteiger partial charge is 0.497 e. The van der Waals surface area contributed by atoms with E-state index in [2.05, 4.69) is 0 Å². The van der Waals surface area contributed by atoms with Crippen LogP contribution >= 0.6 is 0 Å². The zero-order valence-corrected chi connectivity index (χ0v) is 18.3. The zero-order chi connectivity index (χ0) is 21.7. The molecular formula is C23H25NO5S. The van der Waals surface area contributed by atoms with Gasteiger partial charge in [0, 0.05) is 0 Å². The Morgan fingerprint density at radius 2 is 1.47 bits per heavy atom. The molecule has 0 fully saturated rings. The number of hydrogen-bond acceptors (Lipinski definition) is 5. The van der Waals surface area contributed by atoms with E-state index in [0.717, 1.165) is 5.56 Å². The van der Waals surface area contributed by atoms with E-state index in [4.69, 9.17) is 14.2 Å². The van der Waals surface area contributed by atoms with E-state index in [-0.39, 0.29) is 11.4 Å². The molecule has 0 aliphatic heterocycles. The van der Waals surface area contributed by atoms with E-state index >= 15 is 0 Å². The van der Waals surface area contributed by atoms with Crippen molar-refractivity contribution >= 4 is 15.7 Å². The predicted octanol–water partition coefficient (Wildman–Crippen LogP) is 4.42. The number of anilines is 1. The Hall–Kier alpha value is -3.19. The molecule has 0 amide bonds. The number of methoxy groups -OCH3 is 3. The summed E-state index contributed by atoms with van der Waals surface area (Å²) in [5, 5.41) is 0. The maximum atomic E-state index is 13.6. The topological polar surface area (TPSA) is 65.1 Å². The fraction of sp³-hybridized carbons (Fsp3) is 0.217. The smallest absolute Gasteiger partial charge is 0.264 e. The van der Waals surface area contributed by atoms with Crippen LogP contribution in [0.1, 0.15) is 11.1 Å². The Balaban J connectivity index is 2.09. The van der Waals surface area contributed by atoms with Gasteiger partial charge in [-0.25, -0.2) is 8.42 Å². The van der Waals surface area contributed by atoms with Crippen molar-refractivity contribution in [1.82, 2.24) is 0 Å². The van der Waals surface area contributed by atoms with Gasteiger partial charge in [0.1, 0.15) is 5.75 Å². The number of nitrogens with zero attached hydrogens (tertiary/aromatic N) is 1. The summed E-state index contributed by atoms with van der Waals surface area (Å²) in [7, 11) is 0.860. The van der Waals surface area contributed by atoms with Gasteiger partial charge in [-0.2, -0.15) is 0 Å². The van der Waals surface area contributed by atoms with E-state index in [1.54, 1.807) is 82.9 Å². The number of rotatable bonds is 8. The highest BCUT2D eigenvalue weighted by molar-refractivity contribution is 7.92. The van der Waals surface area contributed by atoms with E-state index < -0.39 is 10.0 Å². The predicted molar refractivity (Wildman–Crippen MR) is 117 cm³/mol. The minimum Gasteiger partial charge on any atom is -0.497 e. The number of benzene rings is 3. The van der Waals surface area contributed by atoms with Crippen molar-refractivity contribution in [2.24, 2.45) is 0 Å². The minimum atomic E-state index is -3.82. The fourth-order valence-corrected chi connectivity index (χ4v) is 4.85. The van der Waals surface area contributed by atoms with Crippen LogP contribution in [0.3, 0.4) is 0 Å². The first kappa shape index (κ1) is 21.5. The number of aryl methyl sites for hydroxylation is 1. The molecule has 0 radical (unpaired) electrons. The van der Waals surface area contributed by atoms with Gasteiger partial charge in [-0.05, 0) is 60.5 Å². The fourth-order valence-electron chi connectivity index (χ4n) is 3.17. The molecule has 0 aromatic heterocycles. The van der Waals surface area contributed by atoms with E-state index in [9.17, 15) is 8.42 Å². The maximum Gasteiger partial charge on any atom is 0.264 e. The summed E-state index contributed by atoms with van der Waals surface area (Å²) in [5.74, 6) is 1.77. The van der Waals surface area contributed by atoms with Crippen molar-refractivity contribution in [3.05, 3.63) is 77.9 Å². The lowest BCUT2D eigenvalue weighted by Gasteiger charge is -2.26. The molecule has 0 heterocycles. The van der Waals surface area contributed by atoms with E-state index in [1.165, 1.54) is 4.31 Å². The lowest BCUT2D eigenvalue weighted by atomic mass is 10.2. The molecule has 3 aromatic rings.